The molecule has 1 rings (SSSR count). The predicted molar refractivity (Wildman–Crippen MR) is 213 cm³/mol. The molecule has 6 heteroatoms. The van der Waals surface area contributed by atoms with Crippen LogP contribution in [0.5, 0.6) is 5.75 Å². The predicted octanol–water partition coefficient (Wildman–Crippen LogP) is 13.0. The molecule has 0 N–H and O–H groups in total. The highest BCUT2D eigenvalue weighted by Crippen LogP contribution is 2.15. The summed E-state index contributed by atoms with van der Waals surface area (Å²) < 4.78 is 22.4. The minimum Gasteiger partial charge on any atom is -0.497 e. The van der Waals surface area contributed by atoms with Crippen LogP contribution in [0.4, 0.5) is 0 Å². The summed E-state index contributed by atoms with van der Waals surface area (Å²) in [5.74, 6) is 0.295. The molecule has 0 heterocycles. The van der Waals surface area contributed by atoms with Crippen molar-refractivity contribution in [3.8, 4) is 5.75 Å². The van der Waals surface area contributed by atoms with Crippen molar-refractivity contribution in [2.45, 2.75) is 193 Å². The maximum Gasteiger partial charge on any atom is 0.306 e. The van der Waals surface area contributed by atoms with Gasteiger partial charge >= 0.3 is 11.9 Å². The lowest BCUT2D eigenvalue weighted by molar-refractivity contribution is -0.163. The van der Waals surface area contributed by atoms with Crippen molar-refractivity contribution in [1.82, 2.24) is 0 Å². The Morgan fingerprint density at radius 2 is 1.04 bits per heavy atom. The van der Waals surface area contributed by atoms with Gasteiger partial charge in [0.1, 0.15) is 12.4 Å². The molecule has 1 atom stereocenters. The molecular formula is C45H76O6. The fraction of sp³-hybridized carbons (Fsp3) is 0.733. The first-order valence-electron chi connectivity index (χ1n) is 20.9. The first-order valence-corrected chi connectivity index (χ1v) is 20.9. The van der Waals surface area contributed by atoms with E-state index in [0.29, 0.717) is 19.4 Å². The van der Waals surface area contributed by atoms with Crippen LogP contribution in [0, 0.1) is 0 Å². The molecule has 0 saturated heterocycles. The van der Waals surface area contributed by atoms with Gasteiger partial charge in [-0.3, -0.25) is 9.59 Å². The van der Waals surface area contributed by atoms with Crippen molar-refractivity contribution in [3.05, 3.63) is 54.1 Å². The third-order valence-corrected chi connectivity index (χ3v) is 9.28. The van der Waals surface area contributed by atoms with Crippen LogP contribution in [-0.4, -0.2) is 38.4 Å². The number of esters is 2. The van der Waals surface area contributed by atoms with E-state index in [9.17, 15) is 9.59 Å². The quantitative estimate of drug-likeness (QED) is 0.0392. The standard InChI is InChI=1S/C45H76O6/c1-4-6-8-10-12-14-16-18-19-21-23-25-27-29-31-33-45(47)51-43(39-49-38-41-34-36-42(48-3)37-35-41)40-50-44(46)32-30-28-26-24-22-20-17-15-13-11-9-7-5-2/h12,14,18-19,34-37,43H,4-11,13,15-17,20-33,38-40H2,1-3H3/b14-12-,19-18-/t43-/m0/s1. The molecule has 51 heavy (non-hydrogen) atoms. The van der Waals surface area contributed by atoms with Crippen LogP contribution in [0.3, 0.4) is 0 Å². The van der Waals surface area contributed by atoms with Crippen LogP contribution in [0.1, 0.15) is 186 Å². The average molecular weight is 713 g/mol. The lowest BCUT2D eigenvalue weighted by Crippen LogP contribution is -2.29. The Hall–Kier alpha value is -2.60. The van der Waals surface area contributed by atoms with Gasteiger partial charge < -0.3 is 18.9 Å². The van der Waals surface area contributed by atoms with E-state index in [1.54, 1.807) is 7.11 Å². The fourth-order valence-electron chi connectivity index (χ4n) is 6.02. The first kappa shape index (κ1) is 46.4. The van der Waals surface area contributed by atoms with E-state index in [0.717, 1.165) is 62.7 Å². The summed E-state index contributed by atoms with van der Waals surface area (Å²) >= 11 is 0. The molecule has 1 aromatic rings. The highest BCUT2D eigenvalue weighted by atomic mass is 16.6. The molecule has 0 aliphatic heterocycles. The maximum atomic E-state index is 12.7. The van der Waals surface area contributed by atoms with E-state index in [1.807, 2.05) is 24.3 Å². The molecule has 292 valence electrons. The third kappa shape index (κ3) is 30.7. The smallest absolute Gasteiger partial charge is 0.306 e. The number of hydrogen-bond acceptors (Lipinski definition) is 6. The lowest BCUT2D eigenvalue weighted by Gasteiger charge is -2.18. The Balaban J connectivity index is 2.26. The van der Waals surface area contributed by atoms with Gasteiger partial charge in [0, 0.05) is 12.8 Å². The molecule has 0 aliphatic carbocycles. The molecule has 0 spiro atoms. The summed E-state index contributed by atoms with van der Waals surface area (Å²) in [7, 11) is 1.64. The molecule has 0 fully saturated rings. The summed E-state index contributed by atoms with van der Waals surface area (Å²) in [5.41, 5.74) is 0.991. The van der Waals surface area contributed by atoms with E-state index in [2.05, 4.69) is 38.2 Å². The number of carbonyl (C=O) groups excluding carboxylic acids is 2. The van der Waals surface area contributed by atoms with Gasteiger partial charge in [-0.05, 0) is 62.6 Å². The summed E-state index contributed by atoms with van der Waals surface area (Å²) in [5, 5.41) is 0. The number of methoxy groups -OCH3 is 1. The van der Waals surface area contributed by atoms with Gasteiger partial charge in [0.25, 0.3) is 0 Å². The molecule has 1 aromatic carbocycles. The monoisotopic (exact) mass is 713 g/mol. The van der Waals surface area contributed by atoms with Crippen molar-refractivity contribution >= 4 is 11.9 Å². The minimum absolute atomic E-state index is 0.0216. The van der Waals surface area contributed by atoms with Crippen molar-refractivity contribution in [3.63, 3.8) is 0 Å². The number of rotatable bonds is 36. The molecule has 0 aliphatic rings. The minimum atomic E-state index is -0.621. The lowest BCUT2D eigenvalue weighted by atomic mass is 10.0. The summed E-state index contributed by atoms with van der Waals surface area (Å²) in [4.78, 5) is 25.2. The van der Waals surface area contributed by atoms with Crippen LogP contribution < -0.4 is 4.74 Å². The molecule has 0 bridgehead atoms. The number of hydrogen-bond donors (Lipinski definition) is 0. The van der Waals surface area contributed by atoms with Gasteiger partial charge in [0.05, 0.1) is 20.3 Å². The summed E-state index contributed by atoms with van der Waals surface area (Å²) in [6, 6.07) is 7.67. The Morgan fingerprint density at radius 1 is 0.569 bits per heavy atom. The molecule has 6 nitrogen and oxygen atoms in total. The second kappa shape index (κ2) is 35.8. The highest BCUT2D eigenvalue weighted by Gasteiger charge is 2.18. The van der Waals surface area contributed by atoms with Gasteiger partial charge in [-0.25, -0.2) is 0 Å². The average Bonchev–Trinajstić information content (AvgIpc) is 3.14. The van der Waals surface area contributed by atoms with Crippen molar-refractivity contribution in [2.75, 3.05) is 20.3 Å². The zero-order valence-electron chi connectivity index (χ0n) is 33.2. The molecule has 0 radical (unpaired) electrons. The first-order chi connectivity index (χ1) is 25.1. The zero-order valence-corrected chi connectivity index (χ0v) is 33.2. The van der Waals surface area contributed by atoms with Crippen LogP contribution in [0.25, 0.3) is 0 Å². The van der Waals surface area contributed by atoms with Crippen molar-refractivity contribution in [1.29, 1.82) is 0 Å². The largest absolute Gasteiger partial charge is 0.497 e. The normalized spacial score (nSPS) is 12.1. The van der Waals surface area contributed by atoms with E-state index >= 15 is 0 Å². The van der Waals surface area contributed by atoms with E-state index in [1.165, 1.54) is 103 Å². The zero-order chi connectivity index (χ0) is 36.9. The van der Waals surface area contributed by atoms with E-state index in [-0.39, 0.29) is 25.2 Å². The van der Waals surface area contributed by atoms with E-state index < -0.39 is 6.10 Å². The van der Waals surface area contributed by atoms with E-state index in [4.69, 9.17) is 18.9 Å². The molecular weight excluding hydrogens is 636 g/mol. The summed E-state index contributed by atoms with van der Waals surface area (Å²) in [6.45, 7) is 5.07. The van der Waals surface area contributed by atoms with Crippen LogP contribution >= 0.6 is 0 Å². The van der Waals surface area contributed by atoms with Crippen molar-refractivity contribution < 1.29 is 28.5 Å². The fourth-order valence-corrected chi connectivity index (χ4v) is 6.02. The third-order valence-electron chi connectivity index (χ3n) is 9.28. The number of allylic oxidation sites excluding steroid dienone is 4. The SMILES string of the molecule is CCCCC/C=C\C/C=C\CCCCCCCC(=O)O[C@@H](COCc1ccc(OC)cc1)COC(=O)CCCCCCCCCCCCCCC. The van der Waals surface area contributed by atoms with Gasteiger partial charge in [-0.2, -0.15) is 0 Å². The Bertz CT molecular complexity index is 985. The number of carbonyl (C=O) groups is 2. The Labute approximate surface area is 313 Å². The number of unbranched alkanes of at least 4 members (excludes halogenated alkanes) is 20. The molecule has 0 amide bonds. The van der Waals surface area contributed by atoms with Crippen LogP contribution in [0.15, 0.2) is 48.6 Å². The van der Waals surface area contributed by atoms with Gasteiger partial charge in [-0.15, -0.1) is 0 Å². The molecule has 0 aromatic heterocycles. The second-order valence-electron chi connectivity index (χ2n) is 14.1. The summed E-state index contributed by atoms with van der Waals surface area (Å²) in [6.07, 6.45) is 38.2. The van der Waals surface area contributed by atoms with Crippen molar-refractivity contribution in [2.24, 2.45) is 0 Å². The van der Waals surface area contributed by atoms with Crippen LogP contribution in [0.2, 0.25) is 0 Å². The number of benzene rings is 1. The Morgan fingerprint density at radius 3 is 1.59 bits per heavy atom. The molecule has 0 unspecified atom stereocenters. The second-order valence-corrected chi connectivity index (χ2v) is 14.1. The van der Waals surface area contributed by atoms with Gasteiger partial charge in [0.15, 0.2) is 6.10 Å². The molecule has 0 saturated carbocycles. The Kier molecular flexibility index (Phi) is 32.6. The topological polar surface area (TPSA) is 71.1 Å². The number of ether oxygens (including phenoxy) is 4. The van der Waals surface area contributed by atoms with Gasteiger partial charge in [-0.1, -0.05) is 159 Å². The highest BCUT2D eigenvalue weighted by molar-refractivity contribution is 5.70. The van der Waals surface area contributed by atoms with Crippen LogP contribution in [-0.2, 0) is 30.4 Å². The maximum absolute atomic E-state index is 12.7. The van der Waals surface area contributed by atoms with Gasteiger partial charge in [0.2, 0.25) is 0 Å².